The van der Waals surface area contributed by atoms with E-state index in [4.69, 9.17) is 14.2 Å². The fourth-order valence-electron chi connectivity index (χ4n) is 19.7. The minimum Gasteiger partial charge on any atom is -0.618 e. The Kier molecular flexibility index (Phi) is 20.6. The monoisotopic (exact) mass is 1400 g/mol. The van der Waals surface area contributed by atoms with E-state index >= 15 is 0 Å². The van der Waals surface area contributed by atoms with Gasteiger partial charge in [0.1, 0.15) is 18.3 Å². The van der Waals surface area contributed by atoms with E-state index in [-0.39, 0.29) is 77.6 Å². The topological polar surface area (TPSA) is 152 Å². The lowest BCUT2D eigenvalue weighted by Crippen LogP contribution is -2.56. The number of allylic oxidation sites excluding steroid dienone is 1. The van der Waals surface area contributed by atoms with E-state index in [1.165, 1.54) is 75.2 Å². The molecule has 3 aromatic carbocycles. The summed E-state index contributed by atoms with van der Waals surface area (Å²) in [6, 6.07) is 26.0. The maximum Gasteiger partial charge on any atom is 0.416 e. The van der Waals surface area contributed by atoms with Gasteiger partial charge in [0.25, 0.3) is 0 Å². The van der Waals surface area contributed by atoms with E-state index in [9.17, 15) is 64.2 Å². The summed E-state index contributed by atoms with van der Waals surface area (Å²) >= 11 is 0. The number of alkyl halides is 9. The third-order valence-corrected chi connectivity index (χ3v) is 24.3. The highest BCUT2D eigenvalue weighted by molar-refractivity contribution is 5.77. The largest absolute Gasteiger partial charge is 0.618 e. The summed E-state index contributed by atoms with van der Waals surface area (Å²) in [6.45, 7) is 5.86. The molecular formula is C81H86F9N3O8. The molecule has 3 aliphatic heterocycles. The van der Waals surface area contributed by atoms with Crippen molar-refractivity contribution in [2.75, 3.05) is 0 Å². The lowest BCUT2D eigenvalue weighted by Gasteiger charge is -2.51. The smallest absolute Gasteiger partial charge is 0.416 e. The number of nitrogens with zero attached hydrogens (tertiary/aromatic N) is 3. The molecular weight excluding hydrogens is 1310 g/mol. The maximum absolute atomic E-state index is 13.1. The second-order valence-corrected chi connectivity index (χ2v) is 30.0. The van der Waals surface area contributed by atoms with E-state index in [0.717, 1.165) is 107 Å². The summed E-state index contributed by atoms with van der Waals surface area (Å²) in [4.78, 5) is 46.4. The second-order valence-electron chi connectivity index (χ2n) is 30.0. The van der Waals surface area contributed by atoms with Crippen molar-refractivity contribution in [3.63, 3.8) is 0 Å². The number of hydrogen-bond donors (Lipinski definition) is 1. The molecule has 11 nitrogen and oxygen atoms in total. The molecule has 15 rings (SSSR count). The Labute approximate surface area is 583 Å². The minimum absolute atomic E-state index is 0.00918. The number of carbonyl (C=O) groups excluding carboxylic acids is 3. The zero-order chi connectivity index (χ0) is 71.3. The van der Waals surface area contributed by atoms with E-state index in [2.05, 4.69) is 16.0 Å². The van der Waals surface area contributed by atoms with Crippen LogP contribution < -0.4 is 4.73 Å². The first-order valence-electron chi connectivity index (χ1n) is 36.1. The number of cyclic esters (lactones) is 3. The molecule has 0 amide bonds. The molecule has 20 heteroatoms. The number of esters is 3. The highest BCUT2D eigenvalue weighted by atomic mass is 19.4. The SMILES string of the molecule is C[C@H]1OC(=O)C2CC3CCCCC3C(/C=C/c3ccc(-c4cccc(C(F)(F)F)c4)c[n+]3[O-])C21.C[C@H]1OC(=O)C2CC3CCCCC3C(CCc3ccc(-c4cccc(C(F)(F)F)c4)cn3)C21.C[C@H]1OC(=O)C2CC3CCCCC3C(O)(/C=C/c3ccc(-c4cccc(C(F)(F)F)c4)cn3)C21. The van der Waals surface area contributed by atoms with Crippen LogP contribution in [-0.2, 0) is 53.5 Å². The number of aromatic nitrogens is 3. The van der Waals surface area contributed by atoms with E-state index in [0.29, 0.717) is 90.9 Å². The van der Waals surface area contributed by atoms with Gasteiger partial charge in [-0.05, 0) is 197 Å². The molecule has 1 N–H and O–H groups in total. The number of fused-ring (bicyclic) bond motifs is 6. The Morgan fingerprint density at radius 3 is 1.58 bits per heavy atom. The zero-order valence-corrected chi connectivity index (χ0v) is 56.8. The molecule has 3 saturated heterocycles. The fourth-order valence-corrected chi connectivity index (χ4v) is 19.7. The van der Waals surface area contributed by atoms with Crippen LogP contribution in [0.25, 0.3) is 45.5 Å². The molecule has 6 saturated carbocycles. The molecule has 6 aromatic rings. The highest BCUT2D eigenvalue weighted by Gasteiger charge is 2.61. The van der Waals surface area contributed by atoms with Crippen LogP contribution in [0.15, 0.2) is 140 Å². The Morgan fingerprint density at radius 2 is 1.02 bits per heavy atom. The molecule has 0 radical (unpaired) electrons. The van der Waals surface area contributed by atoms with Crippen molar-refractivity contribution in [2.45, 2.75) is 172 Å². The van der Waals surface area contributed by atoms with Crippen LogP contribution in [0.4, 0.5) is 39.5 Å². The van der Waals surface area contributed by atoms with Crippen LogP contribution in [0.3, 0.4) is 0 Å². The van der Waals surface area contributed by atoms with Crippen molar-refractivity contribution >= 4 is 30.1 Å². The van der Waals surface area contributed by atoms with Gasteiger partial charge >= 0.3 is 36.4 Å². The normalized spacial score (nSPS) is 32.1. The predicted octanol–water partition coefficient (Wildman–Crippen LogP) is 18.6. The first-order chi connectivity index (χ1) is 48.2. The molecule has 6 heterocycles. The van der Waals surface area contributed by atoms with Gasteiger partial charge in [-0.2, -0.15) is 44.2 Å². The summed E-state index contributed by atoms with van der Waals surface area (Å²) in [5.41, 5.74) is 1.66. The molecule has 9 fully saturated rings. The Bertz CT molecular complexity index is 4030. The Hall–Kier alpha value is -7.87. The molecule has 536 valence electrons. The van der Waals surface area contributed by atoms with Crippen LogP contribution in [-0.4, -0.2) is 56.9 Å². The fraction of sp³-hybridized carbons (Fsp3) is 0.506. The predicted molar refractivity (Wildman–Crippen MR) is 361 cm³/mol. The number of aliphatic hydroxyl groups is 1. The lowest BCUT2D eigenvalue weighted by atomic mass is 9.55. The van der Waals surface area contributed by atoms with Gasteiger partial charge in [-0.15, -0.1) is 0 Å². The Balaban J connectivity index is 0.000000135. The first kappa shape index (κ1) is 71.5. The minimum atomic E-state index is -4.44. The van der Waals surface area contributed by atoms with Gasteiger partial charge in [-0.1, -0.05) is 118 Å². The van der Waals surface area contributed by atoms with Crippen molar-refractivity contribution in [2.24, 2.45) is 82.9 Å². The molecule has 15 unspecified atom stereocenters. The van der Waals surface area contributed by atoms with Gasteiger partial charge in [-0.25, -0.2) is 0 Å². The van der Waals surface area contributed by atoms with Gasteiger partial charge in [0, 0.05) is 64.7 Å². The van der Waals surface area contributed by atoms with Crippen molar-refractivity contribution in [1.82, 2.24) is 9.97 Å². The summed E-state index contributed by atoms with van der Waals surface area (Å²) in [5.74, 6) is 2.72. The summed E-state index contributed by atoms with van der Waals surface area (Å²) in [6.07, 6.45) is 16.4. The van der Waals surface area contributed by atoms with Crippen LogP contribution in [0, 0.1) is 88.1 Å². The number of pyridine rings is 3. The van der Waals surface area contributed by atoms with Crippen molar-refractivity contribution in [3.05, 3.63) is 179 Å². The van der Waals surface area contributed by atoms with Crippen LogP contribution in [0.2, 0.25) is 0 Å². The molecule has 6 aliphatic carbocycles. The molecule has 3 aromatic heterocycles. The number of rotatable bonds is 10. The van der Waals surface area contributed by atoms with Gasteiger partial charge in [0.05, 0.1) is 45.7 Å². The van der Waals surface area contributed by atoms with Gasteiger partial charge in [0.15, 0.2) is 6.20 Å². The zero-order valence-electron chi connectivity index (χ0n) is 56.8. The lowest BCUT2D eigenvalue weighted by molar-refractivity contribution is -0.606. The first-order valence-corrected chi connectivity index (χ1v) is 36.1. The quantitative estimate of drug-likeness (QED) is 0.0461. The molecule has 9 aliphatic rings. The number of carbonyl (C=O) groups is 3. The Morgan fingerprint density at radius 1 is 0.535 bits per heavy atom. The van der Waals surface area contributed by atoms with E-state index in [1.807, 2.05) is 32.9 Å². The van der Waals surface area contributed by atoms with Crippen LogP contribution in [0.1, 0.15) is 157 Å². The van der Waals surface area contributed by atoms with Crippen LogP contribution in [0.5, 0.6) is 0 Å². The third-order valence-electron chi connectivity index (χ3n) is 24.3. The number of benzene rings is 3. The maximum atomic E-state index is 13.1. The van der Waals surface area contributed by atoms with Gasteiger partial charge in [-0.3, -0.25) is 24.4 Å². The van der Waals surface area contributed by atoms with E-state index in [1.54, 1.807) is 66.9 Å². The van der Waals surface area contributed by atoms with E-state index < -0.39 is 40.8 Å². The summed E-state index contributed by atoms with van der Waals surface area (Å²) in [7, 11) is 0. The number of aryl methyl sites for hydroxylation is 1. The second kappa shape index (κ2) is 29.1. The standard InChI is InChI=1S/2C27H28F3NO3.C27H30F3NO2/c1-16-24-22(25(32)34-16)14-18-5-2-3-8-23(18)26(24,33)12-11-21-10-9-19(15-31-21)17-6-4-7-20(13-17)27(28,29)30;1-16-25-23(22-8-3-2-5-18(22)14-24(25)26(32)34-16)12-11-21-10-9-19(15-31(21)33)17-6-4-7-20(13-17)27(28,29)30;1-16-25-23(22-8-3-2-5-18(22)14-24(25)26(32)33-16)12-11-21-10-9-19(15-31-21)17-6-4-7-20(13-17)27(28,29)30/h4,6-7,9-13,15-16,18,22-24,33H,2-3,5,8,14H2,1H3;4,6-7,9-13,15-16,18,22-25H,2-3,5,8,14H2,1H3;4,6-7,9-10,13,15-16,18,22-25H,2-3,5,8,11-12,14H2,1H3/b2*12-11+;/t16-,18?,22?,23?,24?,26?;2*16-,18?,22?,23?,24?,25?/m111/s1. The average molecular weight is 1400 g/mol. The van der Waals surface area contributed by atoms with Gasteiger partial charge < -0.3 is 24.5 Å². The third kappa shape index (κ3) is 15.2. The molecule has 0 bridgehead atoms. The number of ether oxygens (including phenoxy) is 3. The average Bonchev–Trinajstić information content (AvgIpc) is 1.67. The summed E-state index contributed by atoms with van der Waals surface area (Å²) in [5, 5.41) is 24.7. The summed E-state index contributed by atoms with van der Waals surface area (Å²) < 4.78 is 135. The molecule has 0 spiro atoms. The van der Waals surface area contributed by atoms with Crippen molar-refractivity contribution < 1.29 is 77.9 Å². The molecule has 18 atom stereocenters. The molecule has 101 heavy (non-hydrogen) atoms. The van der Waals surface area contributed by atoms with Crippen molar-refractivity contribution in [3.8, 4) is 33.4 Å². The number of halogens is 9. The van der Waals surface area contributed by atoms with Gasteiger partial charge in [0.2, 0.25) is 5.69 Å². The van der Waals surface area contributed by atoms with Crippen LogP contribution >= 0.6 is 0 Å². The van der Waals surface area contributed by atoms with Crippen molar-refractivity contribution in [1.29, 1.82) is 0 Å². The number of hydrogen-bond acceptors (Lipinski definition) is 10. The highest BCUT2D eigenvalue weighted by Crippen LogP contribution is 2.58.